The number of aromatic nitrogens is 1. The zero-order chi connectivity index (χ0) is 18.1. The van der Waals surface area contributed by atoms with Crippen molar-refractivity contribution < 1.29 is 14.3 Å². The summed E-state index contributed by atoms with van der Waals surface area (Å²) in [6.07, 6.45) is 3.85. The Kier molecular flexibility index (Phi) is 4.68. The third-order valence-electron chi connectivity index (χ3n) is 5.30. The molecule has 0 atom stereocenters. The van der Waals surface area contributed by atoms with Crippen molar-refractivity contribution in [2.24, 2.45) is 0 Å². The number of fused-ring (bicyclic) bond motifs is 1. The summed E-state index contributed by atoms with van der Waals surface area (Å²) in [7, 11) is 0. The van der Waals surface area contributed by atoms with Gasteiger partial charge in [0, 0.05) is 31.2 Å². The first kappa shape index (κ1) is 17.1. The lowest BCUT2D eigenvalue weighted by Crippen LogP contribution is -2.36. The van der Waals surface area contributed by atoms with E-state index in [0.717, 1.165) is 36.7 Å². The third-order valence-corrected chi connectivity index (χ3v) is 6.03. The highest BCUT2D eigenvalue weighted by Crippen LogP contribution is 2.35. The zero-order valence-corrected chi connectivity index (χ0v) is 15.2. The van der Waals surface area contributed by atoms with E-state index in [9.17, 15) is 9.18 Å². The molecule has 1 fully saturated rings. The van der Waals surface area contributed by atoms with Crippen molar-refractivity contribution in [2.75, 3.05) is 13.1 Å². The quantitative estimate of drug-likeness (QED) is 0.705. The summed E-state index contributed by atoms with van der Waals surface area (Å²) >= 11 is 1.69. The molecule has 0 radical (unpaired) electrons. The van der Waals surface area contributed by atoms with Gasteiger partial charge in [-0.05, 0) is 71.3 Å². The predicted octanol–water partition coefficient (Wildman–Crippen LogP) is 4.94. The predicted molar refractivity (Wildman–Crippen MR) is 101 cm³/mol. The van der Waals surface area contributed by atoms with E-state index in [1.807, 2.05) is 6.07 Å². The van der Waals surface area contributed by atoms with Gasteiger partial charge < -0.3 is 14.6 Å². The number of carbonyl (C=O) groups is 1. The number of amides is 1. The lowest BCUT2D eigenvalue weighted by molar-refractivity contribution is 0.132. The highest BCUT2D eigenvalue weighted by Gasteiger charge is 2.26. The van der Waals surface area contributed by atoms with Crippen molar-refractivity contribution in [2.45, 2.75) is 31.7 Å². The fourth-order valence-electron chi connectivity index (χ4n) is 3.87. The maximum atomic E-state index is 13.8. The number of halogens is 1. The number of aryl methyl sites for hydroxylation is 2. The Morgan fingerprint density at radius 1 is 1.27 bits per heavy atom. The second kappa shape index (κ2) is 7.11. The molecule has 4 nitrogen and oxygen atoms in total. The molecule has 3 heterocycles. The van der Waals surface area contributed by atoms with E-state index in [4.69, 9.17) is 5.11 Å². The molecule has 4 rings (SSSR count). The highest BCUT2D eigenvalue weighted by atomic mass is 32.1. The lowest BCUT2D eigenvalue weighted by atomic mass is 9.89. The summed E-state index contributed by atoms with van der Waals surface area (Å²) in [5, 5.41) is 14.5. The molecule has 0 saturated carbocycles. The van der Waals surface area contributed by atoms with E-state index in [1.165, 1.54) is 22.1 Å². The number of piperidine rings is 1. The van der Waals surface area contributed by atoms with Crippen molar-refractivity contribution in [3.63, 3.8) is 0 Å². The van der Waals surface area contributed by atoms with E-state index in [0.29, 0.717) is 19.0 Å². The summed E-state index contributed by atoms with van der Waals surface area (Å²) in [6, 6.07) is 7.12. The normalized spacial score (nSPS) is 15.7. The SMILES string of the molecule is O=C(O)N1CCC(c2cn(CCc3ccsc3)c3cc(F)ccc23)CC1. The Hall–Kier alpha value is -2.34. The Morgan fingerprint density at radius 3 is 2.77 bits per heavy atom. The van der Waals surface area contributed by atoms with Gasteiger partial charge in [-0.25, -0.2) is 9.18 Å². The molecular weight excluding hydrogens is 351 g/mol. The van der Waals surface area contributed by atoms with Crippen LogP contribution >= 0.6 is 11.3 Å². The van der Waals surface area contributed by atoms with Crippen LogP contribution in [-0.2, 0) is 13.0 Å². The molecule has 1 aliphatic rings. The molecule has 1 saturated heterocycles. The van der Waals surface area contributed by atoms with Crippen molar-refractivity contribution in [1.82, 2.24) is 9.47 Å². The molecule has 3 aromatic rings. The van der Waals surface area contributed by atoms with Gasteiger partial charge in [0.1, 0.15) is 5.82 Å². The van der Waals surface area contributed by atoms with Crippen molar-refractivity contribution in [1.29, 1.82) is 0 Å². The fourth-order valence-corrected chi connectivity index (χ4v) is 4.57. The molecule has 1 aliphatic heterocycles. The highest BCUT2D eigenvalue weighted by molar-refractivity contribution is 7.07. The van der Waals surface area contributed by atoms with E-state index >= 15 is 0 Å². The Morgan fingerprint density at radius 2 is 2.08 bits per heavy atom. The molecule has 6 heteroatoms. The van der Waals surface area contributed by atoms with Crippen LogP contribution in [0.2, 0.25) is 0 Å². The number of benzene rings is 1. The summed E-state index contributed by atoms with van der Waals surface area (Å²) in [4.78, 5) is 12.6. The van der Waals surface area contributed by atoms with E-state index < -0.39 is 6.09 Å². The van der Waals surface area contributed by atoms with Crippen LogP contribution in [0.1, 0.15) is 29.9 Å². The van der Waals surface area contributed by atoms with E-state index in [2.05, 4.69) is 27.6 Å². The largest absolute Gasteiger partial charge is 0.465 e. The molecule has 136 valence electrons. The summed E-state index contributed by atoms with van der Waals surface area (Å²) < 4.78 is 16.0. The van der Waals surface area contributed by atoms with Crippen molar-refractivity contribution in [3.8, 4) is 0 Å². The van der Waals surface area contributed by atoms with Crippen LogP contribution in [0, 0.1) is 5.82 Å². The first-order valence-electron chi connectivity index (χ1n) is 8.89. The van der Waals surface area contributed by atoms with Crippen LogP contribution in [0.3, 0.4) is 0 Å². The van der Waals surface area contributed by atoms with Gasteiger partial charge in [-0.3, -0.25) is 0 Å². The number of rotatable bonds is 4. The van der Waals surface area contributed by atoms with Gasteiger partial charge >= 0.3 is 6.09 Å². The maximum absolute atomic E-state index is 13.8. The molecular formula is C20H21FN2O2S. The topological polar surface area (TPSA) is 45.5 Å². The minimum atomic E-state index is -0.844. The molecule has 1 aromatic carbocycles. The number of thiophene rings is 1. The Labute approximate surface area is 155 Å². The zero-order valence-electron chi connectivity index (χ0n) is 14.4. The molecule has 0 unspecified atom stereocenters. The van der Waals surface area contributed by atoms with Gasteiger partial charge in [0.05, 0.1) is 5.52 Å². The van der Waals surface area contributed by atoms with Crippen molar-refractivity contribution >= 4 is 28.3 Å². The number of hydrogen-bond acceptors (Lipinski definition) is 2. The Bertz CT molecular complexity index is 911. The molecule has 0 spiro atoms. The molecule has 1 N–H and O–H groups in total. The number of nitrogens with zero attached hydrogens (tertiary/aromatic N) is 2. The van der Waals surface area contributed by atoms with Crippen LogP contribution in [0.5, 0.6) is 0 Å². The van der Waals surface area contributed by atoms with Crippen LogP contribution in [-0.4, -0.2) is 33.8 Å². The second-order valence-corrected chi connectivity index (χ2v) is 7.64. The summed E-state index contributed by atoms with van der Waals surface area (Å²) in [6.45, 7) is 1.93. The summed E-state index contributed by atoms with van der Waals surface area (Å²) in [5.74, 6) is 0.0978. The van der Waals surface area contributed by atoms with Gasteiger partial charge in [0.15, 0.2) is 0 Å². The van der Waals surface area contributed by atoms with Crippen LogP contribution in [0.4, 0.5) is 9.18 Å². The van der Waals surface area contributed by atoms with Crippen LogP contribution in [0.15, 0.2) is 41.2 Å². The molecule has 0 aliphatic carbocycles. The first-order valence-corrected chi connectivity index (χ1v) is 9.83. The molecule has 2 aromatic heterocycles. The second-order valence-electron chi connectivity index (χ2n) is 6.86. The lowest BCUT2D eigenvalue weighted by Gasteiger charge is -2.29. The fraction of sp³-hybridized carbons (Fsp3) is 0.350. The minimum Gasteiger partial charge on any atom is -0.465 e. The van der Waals surface area contributed by atoms with Crippen molar-refractivity contribution in [3.05, 3.63) is 58.2 Å². The van der Waals surface area contributed by atoms with Crippen LogP contribution in [0.25, 0.3) is 10.9 Å². The average Bonchev–Trinajstić information content (AvgIpc) is 3.27. The molecule has 26 heavy (non-hydrogen) atoms. The van der Waals surface area contributed by atoms with E-state index in [-0.39, 0.29) is 5.82 Å². The average molecular weight is 372 g/mol. The summed E-state index contributed by atoms with van der Waals surface area (Å²) in [5.41, 5.74) is 3.44. The molecule has 1 amide bonds. The van der Waals surface area contributed by atoms with Gasteiger partial charge in [-0.15, -0.1) is 0 Å². The minimum absolute atomic E-state index is 0.223. The van der Waals surface area contributed by atoms with Gasteiger partial charge in [0.25, 0.3) is 0 Å². The van der Waals surface area contributed by atoms with Gasteiger partial charge in [-0.2, -0.15) is 11.3 Å². The number of likely N-dealkylation sites (tertiary alicyclic amines) is 1. The standard InChI is InChI=1S/C20H21FN2O2S/c21-16-1-2-17-18(15-4-8-22(9-5-15)20(24)25)12-23(19(17)11-16)7-3-14-6-10-26-13-14/h1-2,6,10-13,15H,3-5,7-9H2,(H,24,25). The van der Waals surface area contributed by atoms with E-state index in [1.54, 1.807) is 17.4 Å². The number of hydrogen-bond donors (Lipinski definition) is 1. The third kappa shape index (κ3) is 3.33. The maximum Gasteiger partial charge on any atom is 0.407 e. The Balaban J connectivity index is 1.61. The molecule has 0 bridgehead atoms. The van der Waals surface area contributed by atoms with Gasteiger partial charge in [-0.1, -0.05) is 0 Å². The number of carboxylic acid groups (broad SMARTS) is 1. The van der Waals surface area contributed by atoms with Gasteiger partial charge in [0.2, 0.25) is 0 Å². The first-order chi connectivity index (χ1) is 12.6. The monoisotopic (exact) mass is 372 g/mol. The smallest absolute Gasteiger partial charge is 0.407 e. The van der Waals surface area contributed by atoms with Crippen LogP contribution < -0.4 is 0 Å².